The van der Waals surface area contributed by atoms with Crippen molar-refractivity contribution < 1.29 is 18.8 Å². The van der Waals surface area contributed by atoms with E-state index < -0.39 is 0 Å². The Morgan fingerprint density at radius 3 is 2.33 bits per heavy atom. The highest BCUT2D eigenvalue weighted by molar-refractivity contribution is 5.78. The smallest absolute Gasteiger partial charge is 0.260 e. The molecule has 0 unspecified atom stereocenters. The molecule has 7 heteroatoms. The molecule has 0 aliphatic heterocycles. The van der Waals surface area contributed by atoms with E-state index in [2.05, 4.69) is 10.1 Å². The zero-order valence-corrected chi connectivity index (χ0v) is 17.8. The van der Waals surface area contributed by atoms with Crippen molar-refractivity contribution in [1.29, 1.82) is 0 Å². The van der Waals surface area contributed by atoms with Crippen LogP contribution in [0.25, 0.3) is 22.8 Å². The number of likely N-dealkylation sites (N-methyl/N-ethyl adjacent to an activating group) is 1. The SMILES string of the molecule is CCOc1cc(-c2noc(-c3ccc(C)cc3)n2)ccc1OCC(=O)N(CC)CC. The average molecular weight is 409 g/mol. The lowest BCUT2D eigenvalue weighted by Gasteiger charge is -2.19. The minimum absolute atomic E-state index is 0.0408. The molecule has 30 heavy (non-hydrogen) atoms. The van der Waals surface area contributed by atoms with Crippen LogP contribution in [0.5, 0.6) is 11.5 Å². The predicted molar refractivity (Wildman–Crippen MR) is 114 cm³/mol. The molecule has 0 radical (unpaired) electrons. The van der Waals surface area contributed by atoms with Gasteiger partial charge in [0, 0.05) is 24.2 Å². The van der Waals surface area contributed by atoms with E-state index in [4.69, 9.17) is 14.0 Å². The molecule has 0 aliphatic carbocycles. The van der Waals surface area contributed by atoms with Gasteiger partial charge in [0.2, 0.25) is 5.82 Å². The van der Waals surface area contributed by atoms with Gasteiger partial charge in [-0.25, -0.2) is 0 Å². The van der Waals surface area contributed by atoms with Crippen LogP contribution in [0.15, 0.2) is 47.0 Å². The molecular formula is C23H27N3O4. The molecule has 1 heterocycles. The maximum atomic E-state index is 12.2. The normalized spacial score (nSPS) is 10.7. The zero-order valence-electron chi connectivity index (χ0n) is 17.8. The number of rotatable bonds is 9. The number of benzene rings is 2. The summed E-state index contributed by atoms with van der Waals surface area (Å²) in [6.45, 7) is 9.52. The molecule has 0 saturated carbocycles. The van der Waals surface area contributed by atoms with Crippen molar-refractivity contribution in [3.8, 4) is 34.3 Å². The standard InChI is InChI=1S/C23H27N3O4/c1-5-26(6-2)21(27)15-29-19-13-12-18(14-20(19)28-7-3)22-24-23(30-25-22)17-10-8-16(4)9-11-17/h8-14H,5-7,15H2,1-4H3. The fourth-order valence-electron chi connectivity index (χ4n) is 3.00. The predicted octanol–water partition coefficient (Wildman–Crippen LogP) is 4.36. The van der Waals surface area contributed by atoms with E-state index in [1.54, 1.807) is 17.0 Å². The van der Waals surface area contributed by atoms with Gasteiger partial charge >= 0.3 is 0 Å². The molecule has 0 saturated heterocycles. The summed E-state index contributed by atoms with van der Waals surface area (Å²) in [7, 11) is 0. The molecule has 3 aromatic rings. The van der Waals surface area contributed by atoms with Crippen LogP contribution in [-0.2, 0) is 4.79 Å². The first-order chi connectivity index (χ1) is 14.5. The second kappa shape index (κ2) is 9.91. The third-order valence-electron chi connectivity index (χ3n) is 4.69. The molecular weight excluding hydrogens is 382 g/mol. The van der Waals surface area contributed by atoms with Gasteiger partial charge in [-0.15, -0.1) is 0 Å². The summed E-state index contributed by atoms with van der Waals surface area (Å²) in [5.74, 6) is 1.88. The second-order valence-corrected chi connectivity index (χ2v) is 6.74. The van der Waals surface area contributed by atoms with E-state index >= 15 is 0 Å². The van der Waals surface area contributed by atoms with Crippen LogP contribution in [0.2, 0.25) is 0 Å². The van der Waals surface area contributed by atoms with E-state index in [1.807, 2.05) is 58.0 Å². The van der Waals surface area contributed by atoms with Gasteiger partial charge in [-0.1, -0.05) is 22.9 Å². The Morgan fingerprint density at radius 2 is 1.67 bits per heavy atom. The fraction of sp³-hybridized carbons (Fsp3) is 0.348. The Balaban J connectivity index is 1.79. The van der Waals surface area contributed by atoms with Crippen LogP contribution in [0.3, 0.4) is 0 Å². The van der Waals surface area contributed by atoms with Gasteiger partial charge in [-0.3, -0.25) is 4.79 Å². The summed E-state index contributed by atoms with van der Waals surface area (Å²) in [5, 5.41) is 4.09. The highest BCUT2D eigenvalue weighted by Gasteiger charge is 2.16. The fourth-order valence-corrected chi connectivity index (χ4v) is 3.00. The highest BCUT2D eigenvalue weighted by atomic mass is 16.5. The van der Waals surface area contributed by atoms with E-state index in [9.17, 15) is 4.79 Å². The molecule has 158 valence electrons. The number of amides is 1. The Bertz CT molecular complexity index is 978. The summed E-state index contributed by atoms with van der Waals surface area (Å²) in [6, 6.07) is 13.3. The quantitative estimate of drug-likeness (QED) is 0.523. The van der Waals surface area contributed by atoms with E-state index in [0.29, 0.717) is 42.9 Å². The highest BCUT2D eigenvalue weighted by Crippen LogP contribution is 2.32. The van der Waals surface area contributed by atoms with Crippen molar-refractivity contribution in [1.82, 2.24) is 15.0 Å². The van der Waals surface area contributed by atoms with Crippen LogP contribution >= 0.6 is 0 Å². The molecule has 0 fully saturated rings. The van der Waals surface area contributed by atoms with E-state index in [0.717, 1.165) is 16.7 Å². The van der Waals surface area contributed by atoms with Crippen LogP contribution in [0, 0.1) is 6.92 Å². The van der Waals surface area contributed by atoms with Crippen LogP contribution in [-0.4, -0.2) is 47.3 Å². The first-order valence-corrected chi connectivity index (χ1v) is 10.1. The maximum absolute atomic E-state index is 12.2. The molecule has 0 atom stereocenters. The van der Waals surface area contributed by atoms with E-state index in [-0.39, 0.29) is 12.5 Å². The summed E-state index contributed by atoms with van der Waals surface area (Å²) in [5.41, 5.74) is 2.76. The van der Waals surface area contributed by atoms with Crippen molar-refractivity contribution in [3.05, 3.63) is 48.0 Å². The Labute approximate surface area is 176 Å². The number of ether oxygens (including phenoxy) is 2. The number of carbonyl (C=O) groups excluding carboxylic acids is 1. The van der Waals surface area contributed by atoms with Crippen molar-refractivity contribution in [2.24, 2.45) is 0 Å². The van der Waals surface area contributed by atoms with Crippen LogP contribution in [0.4, 0.5) is 0 Å². The van der Waals surface area contributed by atoms with Crippen LogP contribution < -0.4 is 9.47 Å². The van der Waals surface area contributed by atoms with Crippen LogP contribution in [0.1, 0.15) is 26.3 Å². The zero-order chi connectivity index (χ0) is 21.5. The van der Waals surface area contributed by atoms with Gasteiger partial charge in [0.25, 0.3) is 11.8 Å². The molecule has 0 aliphatic rings. The van der Waals surface area contributed by atoms with Crippen molar-refractivity contribution in [2.75, 3.05) is 26.3 Å². The third-order valence-corrected chi connectivity index (χ3v) is 4.69. The van der Waals surface area contributed by atoms with Gasteiger partial charge in [0.15, 0.2) is 18.1 Å². The molecule has 7 nitrogen and oxygen atoms in total. The summed E-state index contributed by atoms with van der Waals surface area (Å²) < 4.78 is 16.9. The number of carbonyl (C=O) groups is 1. The van der Waals surface area contributed by atoms with Gasteiger partial charge in [-0.2, -0.15) is 4.98 Å². The minimum Gasteiger partial charge on any atom is -0.490 e. The van der Waals surface area contributed by atoms with Crippen molar-refractivity contribution in [2.45, 2.75) is 27.7 Å². The number of hydrogen-bond donors (Lipinski definition) is 0. The van der Waals surface area contributed by atoms with Gasteiger partial charge < -0.3 is 18.9 Å². The lowest BCUT2D eigenvalue weighted by molar-refractivity contribution is -0.132. The first-order valence-electron chi connectivity index (χ1n) is 10.1. The third kappa shape index (κ3) is 4.97. The van der Waals surface area contributed by atoms with Gasteiger partial charge in [0.05, 0.1) is 6.61 Å². The number of aromatic nitrogens is 2. The second-order valence-electron chi connectivity index (χ2n) is 6.74. The first kappa shape index (κ1) is 21.4. The van der Waals surface area contributed by atoms with E-state index in [1.165, 1.54) is 0 Å². The molecule has 0 bridgehead atoms. The molecule has 0 N–H and O–H groups in total. The lowest BCUT2D eigenvalue weighted by Crippen LogP contribution is -2.34. The molecule has 1 amide bonds. The Kier molecular flexibility index (Phi) is 7.06. The number of hydrogen-bond acceptors (Lipinski definition) is 6. The summed E-state index contributed by atoms with van der Waals surface area (Å²) >= 11 is 0. The molecule has 0 spiro atoms. The number of nitrogens with zero attached hydrogens (tertiary/aromatic N) is 3. The summed E-state index contributed by atoms with van der Waals surface area (Å²) in [6.07, 6.45) is 0. The minimum atomic E-state index is -0.0626. The lowest BCUT2D eigenvalue weighted by atomic mass is 10.1. The summed E-state index contributed by atoms with van der Waals surface area (Å²) in [4.78, 5) is 18.4. The molecule has 1 aromatic heterocycles. The largest absolute Gasteiger partial charge is 0.490 e. The van der Waals surface area contributed by atoms with Crippen molar-refractivity contribution >= 4 is 5.91 Å². The Hall–Kier alpha value is -3.35. The number of aryl methyl sites for hydroxylation is 1. The van der Waals surface area contributed by atoms with Crippen molar-refractivity contribution in [3.63, 3.8) is 0 Å². The monoisotopic (exact) mass is 409 g/mol. The molecule has 2 aromatic carbocycles. The Morgan fingerprint density at radius 1 is 0.967 bits per heavy atom. The topological polar surface area (TPSA) is 77.7 Å². The van der Waals surface area contributed by atoms with Gasteiger partial charge in [-0.05, 0) is 58.0 Å². The average Bonchev–Trinajstić information content (AvgIpc) is 3.24. The maximum Gasteiger partial charge on any atom is 0.260 e. The molecule has 3 rings (SSSR count). The van der Waals surface area contributed by atoms with Gasteiger partial charge in [0.1, 0.15) is 0 Å².